The number of rotatable bonds is 3. The number of nitrogens with two attached hydrogens (primary N) is 1. The van der Waals surface area contributed by atoms with Crippen LogP contribution in [0, 0.1) is 0 Å². The summed E-state index contributed by atoms with van der Waals surface area (Å²) in [6.45, 7) is 4.86. The predicted molar refractivity (Wildman–Crippen MR) is 69.9 cm³/mol. The maximum atomic E-state index is 10.1. The van der Waals surface area contributed by atoms with Crippen LogP contribution in [0.1, 0.15) is 43.7 Å². The van der Waals surface area contributed by atoms with Crippen LogP contribution in [0.4, 0.5) is 0 Å². The summed E-state index contributed by atoms with van der Waals surface area (Å²) in [5.74, 6) is 0.803. The average molecular weight is 284 g/mol. The Morgan fingerprint density at radius 2 is 2.06 bits per heavy atom. The fourth-order valence-corrected chi connectivity index (χ4v) is 2.98. The van der Waals surface area contributed by atoms with Crippen LogP contribution in [0.25, 0.3) is 0 Å². The first-order valence-corrected chi connectivity index (χ1v) is 6.52. The molecule has 1 aromatic rings. The number of hydrogen-bond acceptors (Lipinski definition) is 2. The highest BCUT2D eigenvalue weighted by atomic mass is 79.9. The molecule has 1 aliphatic carbocycles. The summed E-state index contributed by atoms with van der Waals surface area (Å²) >= 11 is 3.58. The molecule has 16 heavy (non-hydrogen) atoms. The van der Waals surface area contributed by atoms with Crippen molar-refractivity contribution in [3.8, 4) is 5.75 Å². The first-order chi connectivity index (χ1) is 7.50. The molecule has 1 saturated carbocycles. The number of hydrogen-bond donors (Lipinski definition) is 2. The molecule has 3 N–H and O–H groups in total. The Labute approximate surface area is 105 Å². The zero-order chi connectivity index (χ0) is 11.9. The summed E-state index contributed by atoms with van der Waals surface area (Å²) < 4.78 is 1.08. The van der Waals surface area contributed by atoms with Crippen LogP contribution in [-0.4, -0.2) is 11.7 Å². The topological polar surface area (TPSA) is 46.2 Å². The van der Waals surface area contributed by atoms with Gasteiger partial charge in [0.2, 0.25) is 0 Å². The van der Waals surface area contributed by atoms with E-state index in [1.165, 1.54) is 0 Å². The molecule has 2 nitrogen and oxygen atoms in total. The second-order valence-electron chi connectivity index (χ2n) is 5.03. The van der Waals surface area contributed by atoms with Crippen molar-refractivity contribution in [1.29, 1.82) is 0 Å². The van der Waals surface area contributed by atoms with E-state index in [0.29, 0.717) is 18.2 Å². The van der Waals surface area contributed by atoms with Gasteiger partial charge in [0.25, 0.3) is 0 Å². The second-order valence-corrected chi connectivity index (χ2v) is 5.88. The van der Waals surface area contributed by atoms with Crippen molar-refractivity contribution in [2.75, 3.05) is 6.54 Å². The van der Waals surface area contributed by atoms with Crippen molar-refractivity contribution < 1.29 is 5.11 Å². The van der Waals surface area contributed by atoms with E-state index in [0.717, 1.165) is 28.4 Å². The first kappa shape index (κ1) is 11.9. The van der Waals surface area contributed by atoms with Crippen LogP contribution < -0.4 is 5.73 Å². The number of phenols is 1. The molecule has 0 aliphatic heterocycles. The maximum absolute atomic E-state index is 10.1. The summed E-state index contributed by atoms with van der Waals surface area (Å²) in [6.07, 6.45) is 2.18. The van der Waals surface area contributed by atoms with Gasteiger partial charge in [-0.2, -0.15) is 0 Å². The van der Waals surface area contributed by atoms with Crippen molar-refractivity contribution >= 4 is 15.9 Å². The Morgan fingerprint density at radius 3 is 2.50 bits per heavy atom. The Bertz CT molecular complexity index is 411. The molecule has 1 aromatic carbocycles. The van der Waals surface area contributed by atoms with Crippen molar-refractivity contribution in [1.82, 2.24) is 0 Å². The SMILES string of the molecule is CC(C)c1cc(O)c(C2(CN)CC2)cc1Br. The molecule has 0 amide bonds. The van der Waals surface area contributed by atoms with Gasteiger partial charge in [-0.1, -0.05) is 29.8 Å². The Balaban J connectivity index is 2.46. The van der Waals surface area contributed by atoms with Gasteiger partial charge in [0.05, 0.1) is 0 Å². The molecular formula is C13H18BrNO. The van der Waals surface area contributed by atoms with Gasteiger partial charge in [-0.25, -0.2) is 0 Å². The van der Waals surface area contributed by atoms with Gasteiger partial charge < -0.3 is 10.8 Å². The summed E-state index contributed by atoms with van der Waals surface area (Å²) in [6, 6.07) is 3.92. The van der Waals surface area contributed by atoms with Crippen LogP contribution in [0.2, 0.25) is 0 Å². The smallest absolute Gasteiger partial charge is 0.119 e. The standard InChI is InChI=1S/C13H18BrNO/c1-8(2)9-5-12(16)10(6-11(9)14)13(7-15)3-4-13/h5-6,8,16H,3-4,7,15H2,1-2H3. The molecule has 2 rings (SSSR count). The fourth-order valence-electron chi connectivity index (χ4n) is 2.18. The lowest BCUT2D eigenvalue weighted by Crippen LogP contribution is -2.20. The summed E-state index contributed by atoms with van der Waals surface area (Å²) in [7, 11) is 0. The van der Waals surface area contributed by atoms with Crippen molar-refractivity contribution in [2.24, 2.45) is 5.73 Å². The Kier molecular flexibility index (Phi) is 3.01. The van der Waals surface area contributed by atoms with E-state index in [2.05, 4.69) is 29.8 Å². The summed E-state index contributed by atoms with van der Waals surface area (Å²) in [5, 5.41) is 10.1. The van der Waals surface area contributed by atoms with Gasteiger partial charge in [0.1, 0.15) is 5.75 Å². The third kappa shape index (κ3) is 1.87. The third-order valence-corrected chi connectivity index (χ3v) is 4.24. The van der Waals surface area contributed by atoms with Crippen molar-refractivity contribution in [2.45, 2.75) is 38.0 Å². The van der Waals surface area contributed by atoms with E-state index in [1.807, 2.05) is 12.1 Å². The van der Waals surface area contributed by atoms with Crippen LogP contribution in [-0.2, 0) is 5.41 Å². The van der Waals surface area contributed by atoms with E-state index >= 15 is 0 Å². The minimum absolute atomic E-state index is 0.0438. The van der Waals surface area contributed by atoms with Crippen molar-refractivity contribution in [3.63, 3.8) is 0 Å². The third-order valence-electron chi connectivity index (χ3n) is 3.55. The molecule has 0 bridgehead atoms. The quantitative estimate of drug-likeness (QED) is 0.894. The molecule has 1 fully saturated rings. The molecular weight excluding hydrogens is 266 g/mol. The van der Waals surface area contributed by atoms with Crippen LogP contribution in [0.5, 0.6) is 5.75 Å². The minimum Gasteiger partial charge on any atom is -0.508 e. The molecule has 0 spiro atoms. The number of phenolic OH excluding ortho intramolecular Hbond substituents is 1. The number of benzene rings is 1. The lowest BCUT2D eigenvalue weighted by Gasteiger charge is -2.18. The van der Waals surface area contributed by atoms with Gasteiger partial charge in [-0.3, -0.25) is 0 Å². The van der Waals surface area contributed by atoms with Gasteiger partial charge in [0.15, 0.2) is 0 Å². The maximum Gasteiger partial charge on any atom is 0.119 e. The highest BCUT2D eigenvalue weighted by Gasteiger charge is 2.44. The van der Waals surface area contributed by atoms with Crippen LogP contribution >= 0.6 is 15.9 Å². The molecule has 3 heteroatoms. The highest BCUT2D eigenvalue weighted by Crippen LogP contribution is 2.51. The van der Waals surface area contributed by atoms with E-state index in [4.69, 9.17) is 5.73 Å². The van der Waals surface area contributed by atoms with E-state index < -0.39 is 0 Å². The summed E-state index contributed by atoms with van der Waals surface area (Å²) in [5.41, 5.74) is 7.99. The monoisotopic (exact) mass is 283 g/mol. The largest absolute Gasteiger partial charge is 0.508 e. The molecule has 0 radical (unpaired) electrons. The van der Waals surface area contributed by atoms with E-state index in [1.54, 1.807) is 0 Å². The molecule has 0 saturated heterocycles. The number of halogens is 1. The normalized spacial score (nSPS) is 17.8. The Morgan fingerprint density at radius 1 is 1.44 bits per heavy atom. The van der Waals surface area contributed by atoms with Crippen LogP contribution in [0.3, 0.4) is 0 Å². The van der Waals surface area contributed by atoms with Gasteiger partial charge in [-0.05, 0) is 36.5 Å². The van der Waals surface area contributed by atoms with Gasteiger partial charge >= 0.3 is 0 Å². The van der Waals surface area contributed by atoms with Crippen molar-refractivity contribution in [3.05, 3.63) is 27.7 Å². The lowest BCUT2D eigenvalue weighted by atomic mass is 9.92. The zero-order valence-electron chi connectivity index (χ0n) is 9.76. The molecule has 0 heterocycles. The van der Waals surface area contributed by atoms with Gasteiger partial charge in [-0.15, -0.1) is 0 Å². The Hall–Kier alpha value is -0.540. The average Bonchev–Trinajstić information content (AvgIpc) is 3.01. The lowest BCUT2D eigenvalue weighted by molar-refractivity contribution is 0.457. The van der Waals surface area contributed by atoms with Crippen LogP contribution in [0.15, 0.2) is 16.6 Å². The van der Waals surface area contributed by atoms with Gasteiger partial charge in [0, 0.05) is 22.0 Å². The fraction of sp³-hybridized carbons (Fsp3) is 0.538. The molecule has 0 atom stereocenters. The molecule has 0 aromatic heterocycles. The molecule has 0 unspecified atom stereocenters. The predicted octanol–water partition coefficient (Wildman–Crippen LogP) is 3.27. The minimum atomic E-state index is 0.0438. The van der Waals surface area contributed by atoms with E-state index in [9.17, 15) is 5.11 Å². The molecule has 1 aliphatic rings. The zero-order valence-corrected chi connectivity index (χ0v) is 11.3. The van der Waals surface area contributed by atoms with E-state index in [-0.39, 0.29) is 5.41 Å². The highest BCUT2D eigenvalue weighted by molar-refractivity contribution is 9.10. The first-order valence-electron chi connectivity index (χ1n) is 5.73. The molecule has 88 valence electrons. The summed E-state index contributed by atoms with van der Waals surface area (Å²) in [4.78, 5) is 0. The second kappa shape index (κ2) is 4.04. The number of aromatic hydroxyl groups is 1.